The van der Waals surface area contributed by atoms with Crippen LogP contribution in [0.15, 0.2) is 10.6 Å². The Balaban J connectivity index is 2.11. The number of hydrogen-bond donors (Lipinski definition) is 1. The smallest absolute Gasteiger partial charge is 0.392 e. The number of aromatic nitrogens is 1. The number of aromatic carboxylic acids is 1. The van der Waals surface area contributed by atoms with Crippen LogP contribution >= 0.6 is 11.8 Å². The summed E-state index contributed by atoms with van der Waals surface area (Å²) in [6, 6.07) is 0. The number of rotatable bonds is 2. The van der Waals surface area contributed by atoms with Crippen LogP contribution in [-0.2, 0) is 0 Å². The molecule has 1 aliphatic rings. The highest BCUT2D eigenvalue weighted by molar-refractivity contribution is 7.99. The SMILES string of the molecule is O=C(O)c1ncc(C2CCCSC2)o1. The molecular weight excluding hydrogens is 202 g/mol. The lowest BCUT2D eigenvalue weighted by atomic mass is 10.0. The van der Waals surface area contributed by atoms with Crippen LogP contribution in [0.25, 0.3) is 0 Å². The molecule has 0 aromatic carbocycles. The molecule has 5 heteroatoms. The number of carbonyl (C=O) groups is 1. The van der Waals surface area contributed by atoms with Gasteiger partial charge in [0.1, 0.15) is 5.76 Å². The third-order valence-electron chi connectivity index (χ3n) is 2.27. The summed E-state index contributed by atoms with van der Waals surface area (Å²) in [4.78, 5) is 14.3. The van der Waals surface area contributed by atoms with Crippen molar-refractivity contribution in [1.29, 1.82) is 0 Å². The van der Waals surface area contributed by atoms with E-state index in [1.807, 2.05) is 11.8 Å². The Morgan fingerprint density at radius 2 is 2.57 bits per heavy atom. The van der Waals surface area contributed by atoms with E-state index in [0.29, 0.717) is 5.92 Å². The fourth-order valence-corrected chi connectivity index (χ4v) is 2.69. The monoisotopic (exact) mass is 213 g/mol. The largest absolute Gasteiger partial charge is 0.474 e. The van der Waals surface area contributed by atoms with Gasteiger partial charge in [0.25, 0.3) is 0 Å². The molecular formula is C9H11NO3S. The first-order chi connectivity index (χ1) is 6.77. The first kappa shape index (κ1) is 9.58. The zero-order valence-electron chi connectivity index (χ0n) is 7.60. The van der Waals surface area contributed by atoms with Crippen LogP contribution in [-0.4, -0.2) is 27.6 Å². The molecule has 1 fully saturated rings. The summed E-state index contributed by atoms with van der Waals surface area (Å²) in [5.74, 6) is 1.96. The van der Waals surface area contributed by atoms with Gasteiger partial charge >= 0.3 is 11.9 Å². The number of carboxylic acid groups (broad SMARTS) is 1. The molecule has 1 N–H and O–H groups in total. The molecule has 0 bridgehead atoms. The van der Waals surface area contributed by atoms with Crippen molar-refractivity contribution in [3.63, 3.8) is 0 Å². The molecule has 1 unspecified atom stereocenters. The zero-order chi connectivity index (χ0) is 9.97. The van der Waals surface area contributed by atoms with Crippen molar-refractivity contribution in [2.24, 2.45) is 0 Å². The lowest BCUT2D eigenvalue weighted by Crippen LogP contribution is -2.07. The Morgan fingerprint density at radius 3 is 3.14 bits per heavy atom. The van der Waals surface area contributed by atoms with Gasteiger partial charge in [0, 0.05) is 11.7 Å². The molecule has 0 saturated carbocycles. The minimum absolute atomic E-state index is 0.199. The molecule has 0 spiro atoms. The summed E-state index contributed by atoms with van der Waals surface area (Å²) in [7, 11) is 0. The van der Waals surface area contributed by atoms with Gasteiger partial charge in [-0.25, -0.2) is 9.78 Å². The lowest BCUT2D eigenvalue weighted by molar-refractivity contribution is 0.0651. The number of thioether (sulfide) groups is 1. The molecule has 1 atom stereocenters. The van der Waals surface area contributed by atoms with Gasteiger partial charge in [0.05, 0.1) is 6.20 Å². The van der Waals surface area contributed by atoms with Crippen LogP contribution in [0, 0.1) is 0 Å². The van der Waals surface area contributed by atoms with Crippen LogP contribution in [0.1, 0.15) is 35.2 Å². The summed E-state index contributed by atoms with van der Waals surface area (Å²) in [5.41, 5.74) is 0. The minimum atomic E-state index is -1.10. The molecule has 2 heterocycles. The second kappa shape index (κ2) is 4.04. The number of carboxylic acids is 1. The lowest BCUT2D eigenvalue weighted by Gasteiger charge is -2.18. The Morgan fingerprint density at radius 1 is 1.71 bits per heavy atom. The van der Waals surface area contributed by atoms with Gasteiger partial charge in [-0.2, -0.15) is 11.8 Å². The molecule has 0 radical (unpaired) electrons. The molecule has 76 valence electrons. The number of nitrogens with zero attached hydrogens (tertiary/aromatic N) is 1. The predicted molar refractivity (Wildman–Crippen MR) is 52.8 cm³/mol. The molecule has 1 aromatic heterocycles. The van der Waals surface area contributed by atoms with Crippen LogP contribution < -0.4 is 0 Å². The van der Waals surface area contributed by atoms with Crippen molar-refractivity contribution >= 4 is 17.7 Å². The van der Waals surface area contributed by atoms with Crippen LogP contribution in [0.3, 0.4) is 0 Å². The highest BCUT2D eigenvalue weighted by Gasteiger charge is 2.21. The number of hydrogen-bond acceptors (Lipinski definition) is 4. The highest BCUT2D eigenvalue weighted by atomic mass is 32.2. The fourth-order valence-electron chi connectivity index (χ4n) is 1.54. The van der Waals surface area contributed by atoms with Crippen molar-refractivity contribution in [3.8, 4) is 0 Å². The Kier molecular flexibility index (Phi) is 2.77. The van der Waals surface area contributed by atoms with Gasteiger partial charge in [0.15, 0.2) is 0 Å². The topological polar surface area (TPSA) is 63.3 Å². The summed E-state index contributed by atoms with van der Waals surface area (Å²) in [5, 5.41) is 8.64. The van der Waals surface area contributed by atoms with E-state index in [1.165, 1.54) is 12.2 Å². The maximum Gasteiger partial charge on any atom is 0.392 e. The van der Waals surface area contributed by atoms with Crippen molar-refractivity contribution in [1.82, 2.24) is 4.98 Å². The molecule has 0 amide bonds. The zero-order valence-corrected chi connectivity index (χ0v) is 8.42. The first-order valence-electron chi connectivity index (χ1n) is 4.54. The standard InChI is InChI=1S/C9H11NO3S/c11-9(12)8-10-4-7(13-8)6-2-1-3-14-5-6/h4,6H,1-3,5H2,(H,11,12). The van der Waals surface area contributed by atoms with Gasteiger partial charge in [-0.3, -0.25) is 0 Å². The average molecular weight is 213 g/mol. The Bertz CT molecular complexity index is 331. The molecule has 4 nitrogen and oxygen atoms in total. The van der Waals surface area contributed by atoms with Crippen LogP contribution in [0.5, 0.6) is 0 Å². The van der Waals surface area contributed by atoms with E-state index < -0.39 is 5.97 Å². The Hall–Kier alpha value is -0.970. The second-order valence-electron chi connectivity index (χ2n) is 3.29. The van der Waals surface area contributed by atoms with Crippen molar-refractivity contribution < 1.29 is 14.3 Å². The summed E-state index contributed by atoms with van der Waals surface area (Å²) in [6.07, 6.45) is 3.78. The molecule has 2 rings (SSSR count). The average Bonchev–Trinajstić information content (AvgIpc) is 2.68. The van der Waals surface area contributed by atoms with E-state index >= 15 is 0 Å². The molecule has 1 saturated heterocycles. The van der Waals surface area contributed by atoms with Crippen molar-refractivity contribution in [2.45, 2.75) is 18.8 Å². The van der Waals surface area contributed by atoms with E-state index in [-0.39, 0.29) is 5.89 Å². The Labute approximate surface area is 85.7 Å². The predicted octanol–water partition coefficient (Wildman–Crippen LogP) is 1.98. The summed E-state index contributed by atoms with van der Waals surface area (Å²) >= 11 is 1.88. The number of oxazole rings is 1. The molecule has 1 aromatic rings. The van der Waals surface area contributed by atoms with Gasteiger partial charge < -0.3 is 9.52 Å². The third-order valence-corrected chi connectivity index (χ3v) is 3.48. The van der Waals surface area contributed by atoms with E-state index in [1.54, 1.807) is 6.20 Å². The summed E-state index contributed by atoms with van der Waals surface area (Å²) in [6.45, 7) is 0. The van der Waals surface area contributed by atoms with E-state index in [9.17, 15) is 4.79 Å². The maximum absolute atomic E-state index is 10.5. The quantitative estimate of drug-likeness (QED) is 0.813. The third kappa shape index (κ3) is 1.92. The van der Waals surface area contributed by atoms with Crippen molar-refractivity contribution in [2.75, 3.05) is 11.5 Å². The highest BCUT2D eigenvalue weighted by Crippen LogP contribution is 2.31. The maximum atomic E-state index is 10.5. The van der Waals surface area contributed by atoms with Gasteiger partial charge in [-0.15, -0.1) is 0 Å². The van der Waals surface area contributed by atoms with Crippen LogP contribution in [0.2, 0.25) is 0 Å². The summed E-state index contributed by atoms with van der Waals surface area (Å²) < 4.78 is 5.16. The molecule has 14 heavy (non-hydrogen) atoms. The second-order valence-corrected chi connectivity index (χ2v) is 4.44. The van der Waals surface area contributed by atoms with E-state index in [2.05, 4.69) is 4.98 Å². The molecule has 1 aliphatic heterocycles. The van der Waals surface area contributed by atoms with E-state index in [0.717, 1.165) is 17.9 Å². The molecule has 0 aliphatic carbocycles. The van der Waals surface area contributed by atoms with Gasteiger partial charge in [-0.05, 0) is 18.6 Å². The van der Waals surface area contributed by atoms with Crippen LogP contribution in [0.4, 0.5) is 0 Å². The van der Waals surface area contributed by atoms with Crippen molar-refractivity contribution in [3.05, 3.63) is 17.8 Å². The van der Waals surface area contributed by atoms with Gasteiger partial charge in [-0.1, -0.05) is 0 Å². The normalized spacial score (nSPS) is 22.1. The van der Waals surface area contributed by atoms with E-state index in [4.69, 9.17) is 9.52 Å². The fraction of sp³-hybridized carbons (Fsp3) is 0.556. The minimum Gasteiger partial charge on any atom is -0.474 e. The van der Waals surface area contributed by atoms with Gasteiger partial charge in [0.2, 0.25) is 0 Å². The first-order valence-corrected chi connectivity index (χ1v) is 5.69.